The number of hydrogen-bond acceptors (Lipinski definition) is 5. The van der Waals surface area contributed by atoms with Gasteiger partial charge in [-0.15, -0.1) is 0 Å². The first-order valence-electron chi connectivity index (χ1n) is 5.97. The molecule has 5 nitrogen and oxygen atoms in total. The molecule has 0 saturated heterocycles. The van der Waals surface area contributed by atoms with Crippen LogP contribution in [-0.4, -0.2) is 26.5 Å². The molecular formula is C13H15N5S. The van der Waals surface area contributed by atoms with Crippen LogP contribution in [-0.2, 0) is 6.54 Å². The normalized spacial score (nSPS) is 10.2. The molecule has 2 aromatic rings. The third-order valence-corrected chi connectivity index (χ3v) is 2.91. The van der Waals surface area contributed by atoms with Gasteiger partial charge >= 0.3 is 0 Å². The van der Waals surface area contributed by atoms with Gasteiger partial charge < -0.3 is 10.6 Å². The molecule has 0 aliphatic heterocycles. The fourth-order valence-electron chi connectivity index (χ4n) is 1.78. The maximum atomic E-state index is 5.69. The summed E-state index contributed by atoms with van der Waals surface area (Å²) in [6.07, 6.45) is 6.78. The van der Waals surface area contributed by atoms with Gasteiger partial charge in [0, 0.05) is 37.9 Å². The molecule has 0 bridgehead atoms. The number of hydrogen-bond donors (Lipinski definition) is 1. The van der Waals surface area contributed by atoms with Crippen molar-refractivity contribution >= 4 is 23.0 Å². The maximum Gasteiger partial charge on any atom is 0.157 e. The molecule has 0 unspecified atom stereocenters. The first-order valence-corrected chi connectivity index (χ1v) is 6.38. The fourth-order valence-corrected chi connectivity index (χ4v) is 1.92. The summed E-state index contributed by atoms with van der Waals surface area (Å²) in [6, 6.07) is 3.94. The lowest BCUT2D eigenvalue weighted by Crippen LogP contribution is -2.27. The van der Waals surface area contributed by atoms with Crippen LogP contribution in [0.2, 0.25) is 0 Å². The topological polar surface area (TPSA) is 67.9 Å². The molecule has 19 heavy (non-hydrogen) atoms. The lowest BCUT2D eigenvalue weighted by Gasteiger charge is -2.23. The van der Waals surface area contributed by atoms with Gasteiger partial charge in [0.15, 0.2) is 5.82 Å². The van der Waals surface area contributed by atoms with E-state index in [4.69, 9.17) is 18.0 Å². The van der Waals surface area contributed by atoms with Crippen molar-refractivity contribution in [1.29, 1.82) is 0 Å². The summed E-state index contributed by atoms with van der Waals surface area (Å²) < 4.78 is 0. The van der Waals surface area contributed by atoms with Gasteiger partial charge in [0.1, 0.15) is 10.7 Å². The van der Waals surface area contributed by atoms with Crippen LogP contribution < -0.4 is 10.6 Å². The molecule has 0 aliphatic carbocycles. The lowest BCUT2D eigenvalue weighted by molar-refractivity contribution is 0.806. The van der Waals surface area contributed by atoms with Gasteiger partial charge in [-0.05, 0) is 24.6 Å². The number of nitrogens with zero attached hydrogens (tertiary/aromatic N) is 4. The van der Waals surface area contributed by atoms with Gasteiger partial charge in [-0.3, -0.25) is 4.98 Å². The Kier molecular flexibility index (Phi) is 4.35. The predicted molar refractivity (Wildman–Crippen MR) is 78.9 cm³/mol. The highest BCUT2D eigenvalue weighted by Gasteiger charge is 2.14. The van der Waals surface area contributed by atoms with E-state index in [2.05, 4.69) is 26.8 Å². The molecule has 0 atom stereocenters. The highest BCUT2D eigenvalue weighted by Crippen LogP contribution is 2.17. The first kappa shape index (κ1) is 13.4. The lowest BCUT2D eigenvalue weighted by atomic mass is 10.2. The largest absolute Gasteiger partial charge is 0.388 e. The standard InChI is InChI=1S/C13H15N5S/c1-2-18(9-10-3-5-15-6-4-10)13-11(12(14)19)16-7-8-17-13/h3-8H,2,9H2,1H3,(H2,14,19). The van der Waals surface area contributed by atoms with E-state index < -0.39 is 0 Å². The molecule has 0 aromatic carbocycles. The molecule has 0 spiro atoms. The highest BCUT2D eigenvalue weighted by atomic mass is 32.1. The third kappa shape index (κ3) is 3.23. The Morgan fingerprint density at radius 3 is 2.53 bits per heavy atom. The van der Waals surface area contributed by atoms with Gasteiger partial charge in [0.05, 0.1) is 0 Å². The Balaban J connectivity index is 2.30. The Bertz CT molecular complexity index is 558. The van der Waals surface area contributed by atoms with Gasteiger partial charge in [-0.2, -0.15) is 0 Å². The van der Waals surface area contributed by atoms with E-state index in [1.54, 1.807) is 24.8 Å². The average Bonchev–Trinajstić information content (AvgIpc) is 2.46. The maximum absolute atomic E-state index is 5.69. The van der Waals surface area contributed by atoms with E-state index in [1.807, 2.05) is 12.1 Å². The van der Waals surface area contributed by atoms with Crippen molar-refractivity contribution in [3.8, 4) is 0 Å². The molecule has 2 N–H and O–H groups in total. The summed E-state index contributed by atoms with van der Waals surface area (Å²) in [6.45, 7) is 3.56. The highest BCUT2D eigenvalue weighted by molar-refractivity contribution is 7.80. The molecule has 2 heterocycles. The number of anilines is 1. The van der Waals surface area contributed by atoms with Gasteiger partial charge in [-0.1, -0.05) is 12.2 Å². The van der Waals surface area contributed by atoms with Gasteiger partial charge in [-0.25, -0.2) is 9.97 Å². The van der Waals surface area contributed by atoms with Crippen LogP contribution in [0.4, 0.5) is 5.82 Å². The summed E-state index contributed by atoms with van der Waals surface area (Å²) in [5.41, 5.74) is 7.41. The molecule has 0 saturated carbocycles. The van der Waals surface area contributed by atoms with E-state index in [9.17, 15) is 0 Å². The van der Waals surface area contributed by atoms with Crippen LogP contribution in [0.1, 0.15) is 18.2 Å². The van der Waals surface area contributed by atoms with Crippen LogP contribution in [0.25, 0.3) is 0 Å². The zero-order chi connectivity index (χ0) is 13.7. The molecule has 2 aromatic heterocycles. The average molecular weight is 273 g/mol. The number of aromatic nitrogens is 3. The molecule has 0 amide bonds. The molecule has 98 valence electrons. The van der Waals surface area contributed by atoms with Gasteiger partial charge in [0.25, 0.3) is 0 Å². The monoisotopic (exact) mass is 273 g/mol. The number of nitrogens with two attached hydrogens (primary N) is 1. The minimum absolute atomic E-state index is 0.260. The zero-order valence-corrected chi connectivity index (χ0v) is 11.5. The van der Waals surface area contributed by atoms with E-state index in [-0.39, 0.29) is 4.99 Å². The van der Waals surface area contributed by atoms with Crippen molar-refractivity contribution in [2.24, 2.45) is 5.73 Å². The van der Waals surface area contributed by atoms with Crippen molar-refractivity contribution in [2.45, 2.75) is 13.5 Å². The second-order valence-electron chi connectivity index (χ2n) is 3.96. The molecule has 2 rings (SSSR count). The van der Waals surface area contributed by atoms with Gasteiger partial charge in [0.2, 0.25) is 0 Å². The minimum atomic E-state index is 0.260. The van der Waals surface area contributed by atoms with E-state index in [0.29, 0.717) is 18.1 Å². The summed E-state index contributed by atoms with van der Waals surface area (Å²) >= 11 is 5.02. The van der Waals surface area contributed by atoms with Crippen LogP contribution >= 0.6 is 12.2 Å². The SMILES string of the molecule is CCN(Cc1ccncc1)c1nccnc1C(N)=S. The van der Waals surface area contributed by atoms with Crippen LogP contribution in [0, 0.1) is 0 Å². The predicted octanol–water partition coefficient (Wildman–Crippen LogP) is 1.53. The van der Waals surface area contributed by atoms with Crippen molar-refractivity contribution in [3.05, 3.63) is 48.2 Å². The molecule has 0 fully saturated rings. The number of thiocarbonyl (C=S) groups is 1. The van der Waals surface area contributed by atoms with Crippen molar-refractivity contribution < 1.29 is 0 Å². The van der Waals surface area contributed by atoms with E-state index in [0.717, 1.165) is 12.1 Å². The quantitative estimate of drug-likeness (QED) is 0.833. The van der Waals surface area contributed by atoms with Crippen molar-refractivity contribution in [3.63, 3.8) is 0 Å². The third-order valence-electron chi connectivity index (χ3n) is 2.72. The summed E-state index contributed by atoms with van der Waals surface area (Å²) in [5.74, 6) is 0.717. The van der Waals surface area contributed by atoms with E-state index in [1.165, 1.54) is 0 Å². The summed E-state index contributed by atoms with van der Waals surface area (Å²) in [7, 11) is 0. The van der Waals surface area contributed by atoms with Crippen LogP contribution in [0.3, 0.4) is 0 Å². The number of pyridine rings is 1. The molecule has 0 aliphatic rings. The zero-order valence-electron chi connectivity index (χ0n) is 10.7. The summed E-state index contributed by atoms with van der Waals surface area (Å²) in [5, 5.41) is 0. The second kappa shape index (κ2) is 6.19. The Morgan fingerprint density at radius 2 is 1.89 bits per heavy atom. The van der Waals surface area contributed by atoms with Crippen molar-refractivity contribution in [2.75, 3.05) is 11.4 Å². The van der Waals surface area contributed by atoms with Crippen molar-refractivity contribution in [1.82, 2.24) is 15.0 Å². The first-order chi connectivity index (χ1) is 9.22. The number of rotatable bonds is 5. The van der Waals surface area contributed by atoms with Crippen LogP contribution in [0.15, 0.2) is 36.9 Å². The smallest absolute Gasteiger partial charge is 0.157 e. The molecule has 0 radical (unpaired) electrons. The molecule has 6 heteroatoms. The fraction of sp³-hybridized carbons (Fsp3) is 0.231. The summed E-state index contributed by atoms with van der Waals surface area (Å²) in [4.78, 5) is 14.9. The molecular weight excluding hydrogens is 258 g/mol. The Morgan fingerprint density at radius 1 is 1.21 bits per heavy atom. The Labute approximate surface area is 117 Å². The second-order valence-corrected chi connectivity index (χ2v) is 4.40. The van der Waals surface area contributed by atoms with Crippen LogP contribution in [0.5, 0.6) is 0 Å². The van der Waals surface area contributed by atoms with E-state index >= 15 is 0 Å². The Hall–Kier alpha value is -2.08. The minimum Gasteiger partial charge on any atom is -0.388 e.